The first kappa shape index (κ1) is 15.0. The normalized spacial score (nSPS) is 11.3. The monoisotopic (exact) mass is 234 g/mol. The molecule has 0 aromatic rings. The fourth-order valence-electron chi connectivity index (χ4n) is 1.30. The van der Waals surface area contributed by atoms with E-state index >= 15 is 0 Å². The fraction of sp³-hybridized carbons (Fsp3) is 0.909. The van der Waals surface area contributed by atoms with Crippen LogP contribution in [0, 0.1) is 5.92 Å². The smallest absolute Gasteiger partial charge is 0.177 e. The lowest BCUT2D eigenvalue weighted by atomic mass is 10.0. The minimum Gasteiger partial charge on any atom is -0.337 e. The zero-order valence-corrected chi connectivity index (χ0v) is 11.2. The predicted molar refractivity (Wildman–Crippen MR) is 64.1 cm³/mol. The Morgan fingerprint density at radius 3 is 2.27 bits per heavy atom. The van der Waals surface area contributed by atoms with Crippen molar-refractivity contribution in [2.75, 3.05) is 20.4 Å². The van der Waals surface area contributed by atoms with Gasteiger partial charge in [0.1, 0.15) is 5.78 Å². The summed E-state index contributed by atoms with van der Waals surface area (Å²) in [5, 5.41) is 0. The van der Waals surface area contributed by atoms with Gasteiger partial charge in [0.15, 0.2) is 8.38 Å². The summed E-state index contributed by atoms with van der Waals surface area (Å²) in [5.74, 6) is 0.990. The Kier molecular flexibility index (Phi) is 9.27. The Labute approximate surface area is 94.5 Å². The number of carbonyl (C=O) groups excluding carboxylic acids is 1. The second-order valence-electron chi connectivity index (χ2n) is 4.03. The molecule has 4 heteroatoms. The van der Waals surface area contributed by atoms with Gasteiger partial charge >= 0.3 is 0 Å². The second-order valence-corrected chi connectivity index (χ2v) is 5.75. The maximum Gasteiger partial charge on any atom is 0.177 e. The van der Waals surface area contributed by atoms with E-state index in [0.29, 0.717) is 12.6 Å². The minimum absolute atomic E-state index is 0.258. The molecule has 0 N–H and O–H groups in total. The number of rotatable bonds is 9. The first-order valence-corrected chi connectivity index (χ1v) is 6.83. The Morgan fingerprint density at radius 1 is 1.20 bits per heavy atom. The number of Topliss-reactive ketones (excluding diaryl/α,β-unsaturated/α-hetero) is 1. The highest BCUT2D eigenvalue weighted by Crippen LogP contribution is 2.35. The number of ketones is 1. The van der Waals surface area contributed by atoms with E-state index in [1.54, 1.807) is 14.2 Å². The Hall–Kier alpha value is 0.0200. The first-order chi connectivity index (χ1) is 7.10. The molecule has 0 spiro atoms. The molecule has 0 atom stereocenters. The predicted octanol–water partition coefficient (Wildman–Crippen LogP) is 3.38. The zero-order valence-electron chi connectivity index (χ0n) is 10.3. The summed E-state index contributed by atoms with van der Waals surface area (Å²) in [4.78, 5) is 11.5. The molecular weight excluding hydrogens is 211 g/mol. The van der Waals surface area contributed by atoms with E-state index < -0.39 is 8.38 Å². The Balaban J connectivity index is 3.48. The van der Waals surface area contributed by atoms with Gasteiger partial charge in [-0.15, -0.1) is 0 Å². The summed E-state index contributed by atoms with van der Waals surface area (Å²) in [5.41, 5.74) is 0. The van der Waals surface area contributed by atoms with Gasteiger partial charge in [0, 0.05) is 20.6 Å². The van der Waals surface area contributed by atoms with E-state index in [-0.39, 0.29) is 5.78 Å². The lowest BCUT2D eigenvalue weighted by Gasteiger charge is -2.10. The molecule has 0 aromatic carbocycles. The van der Waals surface area contributed by atoms with Crippen molar-refractivity contribution in [1.29, 1.82) is 0 Å². The van der Waals surface area contributed by atoms with Gasteiger partial charge in [-0.05, 0) is 12.3 Å². The molecule has 0 heterocycles. The van der Waals surface area contributed by atoms with Gasteiger partial charge in [0.2, 0.25) is 0 Å². The SMILES string of the molecule is COP(CC(=O)CCCCC(C)C)OC. The van der Waals surface area contributed by atoms with Gasteiger partial charge < -0.3 is 9.05 Å². The molecule has 0 bridgehead atoms. The Bertz CT molecular complexity index is 167. The van der Waals surface area contributed by atoms with Gasteiger partial charge in [-0.1, -0.05) is 26.7 Å². The average molecular weight is 234 g/mol. The molecule has 90 valence electrons. The van der Waals surface area contributed by atoms with Gasteiger partial charge in [-0.2, -0.15) is 0 Å². The number of hydrogen-bond donors (Lipinski definition) is 0. The van der Waals surface area contributed by atoms with Crippen LogP contribution in [0.25, 0.3) is 0 Å². The average Bonchev–Trinajstić information content (AvgIpc) is 2.20. The van der Waals surface area contributed by atoms with Gasteiger partial charge in [-0.25, -0.2) is 0 Å². The summed E-state index contributed by atoms with van der Waals surface area (Å²) in [6.45, 7) is 4.41. The van der Waals surface area contributed by atoms with Crippen molar-refractivity contribution in [3.8, 4) is 0 Å². The van der Waals surface area contributed by atoms with Crippen LogP contribution < -0.4 is 0 Å². The standard InChI is InChI=1S/C11H23O3P/c1-10(2)7-5-6-8-11(12)9-15(13-3)14-4/h10H,5-9H2,1-4H3. The minimum atomic E-state index is -0.978. The van der Waals surface area contributed by atoms with Gasteiger partial charge in [-0.3, -0.25) is 4.79 Å². The third-order valence-corrected chi connectivity index (χ3v) is 3.63. The van der Waals surface area contributed by atoms with Crippen molar-refractivity contribution in [3.63, 3.8) is 0 Å². The molecule has 0 saturated carbocycles. The lowest BCUT2D eigenvalue weighted by Crippen LogP contribution is -2.05. The van der Waals surface area contributed by atoms with E-state index in [1.807, 2.05) is 0 Å². The van der Waals surface area contributed by atoms with E-state index in [9.17, 15) is 4.79 Å². The molecule has 0 aliphatic heterocycles. The summed E-state index contributed by atoms with van der Waals surface area (Å²) >= 11 is 0. The Morgan fingerprint density at radius 2 is 1.80 bits per heavy atom. The van der Waals surface area contributed by atoms with Crippen LogP contribution in [0.5, 0.6) is 0 Å². The molecular formula is C11H23O3P. The summed E-state index contributed by atoms with van der Waals surface area (Å²) < 4.78 is 10.1. The van der Waals surface area contributed by atoms with Crippen LogP contribution in [0.2, 0.25) is 0 Å². The van der Waals surface area contributed by atoms with Gasteiger partial charge in [0.05, 0.1) is 6.16 Å². The summed E-state index contributed by atoms with van der Waals surface area (Å²) in [7, 11) is 2.19. The fourth-order valence-corrected chi connectivity index (χ4v) is 2.15. The molecule has 0 aliphatic carbocycles. The number of unbranched alkanes of at least 4 members (excludes halogenated alkanes) is 1. The van der Waals surface area contributed by atoms with Crippen LogP contribution in [-0.4, -0.2) is 26.2 Å². The maximum atomic E-state index is 11.5. The largest absolute Gasteiger partial charge is 0.337 e. The second kappa shape index (κ2) is 9.26. The van der Waals surface area contributed by atoms with Crippen molar-refractivity contribution in [1.82, 2.24) is 0 Å². The molecule has 0 rings (SSSR count). The highest BCUT2D eigenvalue weighted by molar-refractivity contribution is 7.48. The third-order valence-electron chi connectivity index (χ3n) is 2.20. The van der Waals surface area contributed by atoms with Crippen LogP contribution in [0.1, 0.15) is 39.5 Å². The highest BCUT2D eigenvalue weighted by atomic mass is 31.2. The summed E-state index contributed by atoms with van der Waals surface area (Å²) in [6.07, 6.45) is 4.44. The van der Waals surface area contributed by atoms with Crippen LogP contribution in [0.3, 0.4) is 0 Å². The maximum absolute atomic E-state index is 11.5. The van der Waals surface area contributed by atoms with Crippen molar-refractivity contribution in [3.05, 3.63) is 0 Å². The van der Waals surface area contributed by atoms with E-state index in [0.717, 1.165) is 18.8 Å². The van der Waals surface area contributed by atoms with Crippen molar-refractivity contribution in [2.45, 2.75) is 39.5 Å². The molecule has 0 aromatic heterocycles. The molecule has 15 heavy (non-hydrogen) atoms. The van der Waals surface area contributed by atoms with Crippen LogP contribution in [-0.2, 0) is 13.8 Å². The van der Waals surface area contributed by atoms with Crippen LogP contribution >= 0.6 is 8.38 Å². The molecule has 0 radical (unpaired) electrons. The molecule has 0 saturated heterocycles. The highest BCUT2D eigenvalue weighted by Gasteiger charge is 2.12. The van der Waals surface area contributed by atoms with E-state index in [4.69, 9.17) is 9.05 Å². The third kappa shape index (κ3) is 8.98. The lowest BCUT2D eigenvalue weighted by molar-refractivity contribution is -0.116. The molecule has 0 aliphatic rings. The first-order valence-electron chi connectivity index (χ1n) is 5.47. The molecule has 0 amide bonds. The number of hydrogen-bond acceptors (Lipinski definition) is 3. The molecule has 0 fully saturated rings. The van der Waals surface area contributed by atoms with E-state index in [1.165, 1.54) is 6.42 Å². The van der Waals surface area contributed by atoms with E-state index in [2.05, 4.69) is 13.8 Å². The quantitative estimate of drug-likeness (QED) is 0.453. The summed E-state index contributed by atoms with van der Waals surface area (Å²) in [6, 6.07) is 0. The zero-order chi connectivity index (χ0) is 11.7. The van der Waals surface area contributed by atoms with Crippen molar-refractivity contribution in [2.24, 2.45) is 5.92 Å². The van der Waals surface area contributed by atoms with Crippen molar-refractivity contribution < 1.29 is 13.8 Å². The molecule has 0 unspecified atom stereocenters. The van der Waals surface area contributed by atoms with Crippen LogP contribution in [0.4, 0.5) is 0 Å². The van der Waals surface area contributed by atoms with Gasteiger partial charge in [0.25, 0.3) is 0 Å². The topological polar surface area (TPSA) is 35.5 Å². The number of carbonyl (C=O) groups is 1. The van der Waals surface area contributed by atoms with Crippen LogP contribution in [0.15, 0.2) is 0 Å². The van der Waals surface area contributed by atoms with Crippen molar-refractivity contribution >= 4 is 14.2 Å². The molecule has 3 nitrogen and oxygen atoms in total.